The lowest BCUT2D eigenvalue weighted by Crippen LogP contribution is -2.31. The fourth-order valence-electron chi connectivity index (χ4n) is 4.95. The molecular weight excluding hydrogens is 448 g/mol. The summed E-state index contributed by atoms with van der Waals surface area (Å²) >= 11 is 0. The number of amides is 1. The number of hydrogen-bond acceptors (Lipinski definition) is 4. The van der Waals surface area contributed by atoms with Gasteiger partial charge in [0.25, 0.3) is 11.5 Å². The smallest absolute Gasteiger partial charge is 0.272 e. The molecule has 2 heterocycles. The van der Waals surface area contributed by atoms with Crippen LogP contribution in [0.2, 0.25) is 0 Å². The molecule has 1 aliphatic rings. The van der Waals surface area contributed by atoms with Gasteiger partial charge in [-0.15, -0.1) is 0 Å². The summed E-state index contributed by atoms with van der Waals surface area (Å²) in [4.78, 5) is 32.7. The van der Waals surface area contributed by atoms with Crippen LogP contribution in [0, 0.1) is 19.8 Å². The highest BCUT2D eigenvalue weighted by Crippen LogP contribution is 2.19. The second-order valence-electron chi connectivity index (χ2n) is 9.86. The summed E-state index contributed by atoms with van der Waals surface area (Å²) in [6.45, 7) is 7.93. The third-order valence-corrected chi connectivity index (χ3v) is 7.00. The maximum Gasteiger partial charge on any atom is 0.272 e. The first-order valence-corrected chi connectivity index (χ1v) is 12.6. The number of nitrogens with one attached hydrogen (secondary N) is 1. The Kier molecular flexibility index (Phi) is 6.96. The van der Waals surface area contributed by atoms with Crippen LogP contribution in [0.15, 0.2) is 77.6 Å². The number of benzene rings is 3. The highest BCUT2D eigenvalue weighted by atomic mass is 16.1. The number of nitrogens with zero attached hydrogens (tertiary/aromatic N) is 3. The van der Waals surface area contributed by atoms with Gasteiger partial charge in [-0.3, -0.25) is 14.5 Å². The zero-order valence-electron chi connectivity index (χ0n) is 20.9. The Morgan fingerprint density at radius 2 is 1.72 bits per heavy atom. The normalized spacial score (nSPS) is 15.9. The van der Waals surface area contributed by atoms with Gasteiger partial charge >= 0.3 is 0 Å². The lowest BCUT2D eigenvalue weighted by atomic mass is 10.1. The Labute approximate surface area is 211 Å². The molecule has 4 aromatic rings. The fraction of sp³-hybridized carbons (Fsp3) is 0.300. The van der Waals surface area contributed by atoms with Crippen LogP contribution >= 0.6 is 0 Å². The number of aryl methyl sites for hydroxylation is 2. The van der Waals surface area contributed by atoms with Gasteiger partial charge in [-0.05, 0) is 62.1 Å². The molecule has 1 N–H and O–H groups in total. The van der Waals surface area contributed by atoms with E-state index in [9.17, 15) is 9.59 Å². The van der Waals surface area contributed by atoms with Crippen molar-refractivity contribution in [3.05, 3.63) is 111 Å². The largest absolute Gasteiger partial charge is 0.352 e. The third-order valence-electron chi connectivity index (χ3n) is 7.00. The highest BCUT2D eigenvalue weighted by Gasteiger charge is 2.23. The molecule has 3 aromatic carbocycles. The molecule has 1 atom stereocenters. The summed E-state index contributed by atoms with van der Waals surface area (Å²) in [6.07, 6.45) is 1.08. The van der Waals surface area contributed by atoms with Crippen LogP contribution in [0.4, 0.5) is 0 Å². The standard InChI is InChI=1S/C30H32N4O2/c1-21-8-10-24(11-9-21)18-33-15-14-25(19-33)17-31-29(35)26-12-13-28-27(16-26)32-22(2)30(36)34(28)20-23-6-4-3-5-7-23/h3-13,16,25H,14-15,17-20H2,1-2H3,(H,31,35)/t25-/m1/s1. The number of rotatable bonds is 7. The van der Waals surface area contributed by atoms with Crippen LogP contribution in [0.25, 0.3) is 11.0 Å². The van der Waals surface area contributed by atoms with Gasteiger partial charge in [-0.2, -0.15) is 0 Å². The average Bonchev–Trinajstić information content (AvgIpc) is 3.34. The van der Waals surface area contributed by atoms with Crippen molar-refractivity contribution in [2.24, 2.45) is 5.92 Å². The molecular formula is C30H32N4O2. The van der Waals surface area contributed by atoms with Crippen molar-refractivity contribution < 1.29 is 4.79 Å². The van der Waals surface area contributed by atoms with Crippen LogP contribution < -0.4 is 10.9 Å². The molecule has 0 spiro atoms. The number of aromatic nitrogens is 2. The van der Waals surface area contributed by atoms with E-state index < -0.39 is 0 Å². The minimum atomic E-state index is -0.111. The summed E-state index contributed by atoms with van der Waals surface area (Å²) in [5, 5.41) is 3.12. The Bertz CT molecular complexity index is 1430. The van der Waals surface area contributed by atoms with Crippen LogP contribution in [0.5, 0.6) is 0 Å². The molecule has 184 valence electrons. The Hall–Kier alpha value is -3.77. The summed E-state index contributed by atoms with van der Waals surface area (Å²) in [5.74, 6) is 0.338. The first-order valence-electron chi connectivity index (χ1n) is 12.6. The van der Waals surface area contributed by atoms with Crippen LogP contribution in [0.1, 0.15) is 39.2 Å². The van der Waals surface area contributed by atoms with E-state index in [0.29, 0.717) is 35.8 Å². The average molecular weight is 481 g/mol. The number of fused-ring (bicyclic) bond motifs is 1. The van der Waals surface area contributed by atoms with Crippen LogP contribution in [-0.4, -0.2) is 40.0 Å². The Morgan fingerprint density at radius 3 is 2.50 bits per heavy atom. The van der Waals surface area contributed by atoms with Crippen molar-refractivity contribution in [3.63, 3.8) is 0 Å². The molecule has 0 aliphatic carbocycles. The minimum Gasteiger partial charge on any atom is -0.352 e. The third kappa shape index (κ3) is 5.39. The van der Waals surface area contributed by atoms with E-state index >= 15 is 0 Å². The van der Waals surface area contributed by atoms with Gasteiger partial charge in [0.1, 0.15) is 5.69 Å². The highest BCUT2D eigenvalue weighted by molar-refractivity contribution is 5.97. The van der Waals surface area contributed by atoms with E-state index in [0.717, 1.165) is 37.1 Å². The molecule has 0 unspecified atom stereocenters. The number of carbonyl (C=O) groups is 1. The molecule has 0 bridgehead atoms. The SMILES string of the molecule is Cc1ccc(CN2CC[C@H](CNC(=O)c3ccc4c(c3)nc(C)c(=O)n4Cc3ccccc3)C2)cc1. The fourth-order valence-corrected chi connectivity index (χ4v) is 4.95. The number of carbonyl (C=O) groups excluding carboxylic acids is 1. The maximum atomic E-state index is 13.0. The lowest BCUT2D eigenvalue weighted by molar-refractivity contribution is 0.0947. The van der Waals surface area contributed by atoms with Gasteiger partial charge in [0.05, 0.1) is 17.6 Å². The molecule has 0 saturated carbocycles. The van der Waals surface area contributed by atoms with E-state index in [1.807, 2.05) is 36.4 Å². The van der Waals surface area contributed by atoms with Gasteiger partial charge in [-0.1, -0.05) is 60.2 Å². The van der Waals surface area contributed by atoms with E-state index in [1.165, 1.54) is 11.1 Å². The molecule has 36 heavy (non-hydrogen) atoms. The lowest BCUT2D eigenvalue weighted by Gasteiger charge is -2.17. The number of hydrogen-bond donors (Lipinski definition) is 1. The van der Waals surface area contributed by atoms with Crippen molar-refractivity contribution in [2.75, 3.05) is 19.6 Å². The topological polar surface area (TPSA) is 67.2 Å². The zero-order valence-corrected chi connectivity index (χ0v) is 20.9. The predicted octanol–water partition coefficient (Wildman–Crippen LogP) is 4.31. The molecule has 1 fully saturated rings. The maximum absolute atomic E-state index is 13.0. The molecule has 6 heteroatoms. The quantitative estimate of drug-likeness (QED) is 0.428. The minimum absolute atomic E-state index is 0.103. The summed E-state index contributed by atoms with van der Waals surface area (Å²) < 4.78 is 1.73. The van der Waals surface area contributed by atoms with E-state index in [-0.39, 0.29) is 11.5 Å². The summed E-state index contributed by atoms with van der Waals surface area (Å²) in [7, 11) is 0. The Morgan fingerprint density at radius 1 is 0.972 bits per heavy atom. The van der Waals surface area contributed by atoms with Crippen molar-refractivity contribution in [3.8, 4) is 0 Å². The van der Waals surface area contributed by atoms with Crippen LogP contribution in [-0.2, 0) is 13.1 Å². The van der Waals surface area contributed by atoms with Gasteiger partial charge in [-0.25, -0.2) is 4.98 Å². The summed E-state index contributed by atoms with van der Waals surface area (Å²) in [6, 6.07) is 24.0. The number of likely N-dealkylation sites (tertiary alicyclic amines) is 1. The second kappa shape index (κ2) is 10.5. The van der Waals surface area contributed by atoms with Crippen molar-refractivity contribution >= 4 is 16.9 Å². The van der Waals surface area contributed by atoms with E-state index in [2.05, 4.69) is 46.4 Å². The predicted molar refractivity (Wildman–Crippen MR) is 143 cm³/mol. The van der Waals surface area contributed by atoms with Gasteiger partial charge < -0.3 is 9.88 Å². The molecule has 1 aliphatic heterocycles. The van der Waals surface area contributed by atoms with Gasteiger partial charge in [0.15, 0.2) is 0 Å². The molecule has 5 rings (SSSR count). The van der Waals surface area contributed by atoms with Gasteiger partial charge in [0, 0.05) is 25.2 Å². The molecule has 1 amide bonds. The van der Waals surface area contributed by atoms with Crippen molar-refractivity contribution in [2.45, 2.75) is 33.4 Å². The monoisotopic (exact) mass is 480 g/mol. The zero-order chi connectivity index (χ0) is 25.1. The van der Waals surface area contributed by atoms with E-state index in [4.69, 9.17) is 0 Å². The first-order chi connectivity index (χ1) is 17.5. The molecule has 0 radical (unpaired) electrons. The Balaban J connectivity index is 1.24. The van der Waals surface area contributed by atoms with Crippen molar-refractivity contribution in [1.82, 2.24) is 19.8 Å². The summed E-state index contributed by atoms with van der Waals surface area (Å²) in [5.41, 5.74) is 5.91. The van der Waals surface area contributed by atoms with Crippen molar-refractivity contribution in [1.29, 1.82) is 0 Å². The molecule has 6 nitrogen and oxygen atoms in total. The second-order valence-corrected chi connectivity index (χ2v) is 9.86. The molecule has 1 aromatic heterocycles. The molecule has 1 saturated heterocycles. The van der Waals surface area contributed by atoms with E-state index in [1.54, 1.807) is 23.6 Å². The van der Waals surface area contributed by atoms with Crippen LogP contribution in [0.3, 0.4) is 0 Å². The first kappa shape index (κ1) is 23.9. The van der Waals surface area contributed by atoms with Gasteiger partial charge in [0.2, 0.25) is 0 Å².